The number of hydrogen-bond acceptors (Lipinski definition) is 4. The van der Waals surface area contributed by atoms with Crippen LogP contribution in [0.1, 0.15) is 21.5 Å². The zero-order chi connectivity index (χ0) is 23.7. The molecule has 0 saturated carbocycles. The fourth-order valence-corrected chi connectivity index (χ4v) is 5.18. The van der Waals surface area contributed by atoms with Gasteiger partial charge in [0.1, 0.15) is 0 Å². The zero-order valence-electron chi connectivity index (χ0n) is 18.7. The third-order valence-corrected chi connectivity index (χ3v) is 7.07. The highest BCUT2D eigenvalue weighted by molar-refractivity contribution is 7.92. The lowest BCUT2D eigenvalue weighted by Crippen LogP contribution is -2.27. The molecule has 1 aliphatic rings. The molecule has 1 aromatic heterocycles. The third kappa shape index (κ3) is 4.32. The summed E-state index contributed by atoms with van der Waals surface area (Å²) in [6, 6.07) is 24.9. The number of benzene rings is 3. The van der Waals surface area contributed by atoms with Gasteiger partial charge in [-0.05, 0) is 42.3 Å². The molecule has 1 aliphatic heterocycles. The van der Waals surface area contributed by atoms with Crippen LogP contribution >= 0.6 is 0 Å². The number of nitrogens with zero attached hydrogens (tertiary/aromatic N) is 3. The van der Waals surface area contributed by atoms with Crippen molar-refractivity contribution in [3.05, 3.63) is 102 Å². The largest absolute Gasteiger partial charge is 0.348 e. The summed E-state index contributed by atoms with van der Waals surface area (Å²) >= 11 is 0. The van der Waals surface area contributed by atoms with Gasteiger partial charge in [0.25, 0.3) is 5.91 Å². The highest BCUT2D eigenvalue weighted by atomic mass is 32.2. The highest BCUT2D eigenvalue weighted by Crippen LogP contribution is 2.31. The van der Waals surface area contributed by atoms with Crippen molar-refractivity contribution in [2.45, 2.75) is 13.0 Å². The van der Waals surface area contributed by atoms with Gasteiger partial charge < -0.3 is 5.32 Å². The lowest BCUT2D eigenvalue weighted by molar-refractivity contribution is 0.0951. The zero-order valence-corrected chi connectivity index (χ0v) is 19.5. The minimum atomic E-state index is -3.32. The normalized spacial score (nSPS) is 13.0. The molecule has 34 heavy (non-hydrogen) atoms. The molecule has 1 amide bonds. The number of hydrogen-bond donors (Lipinski definition) is 1. The first-order valence-corrected chi connectivity index (χ1v) is 12.8. The van der Waals surface area contributed by atoms with E-state index in [0.717, 1.165) is 28.1 Å². The molecule has 7 nitrogen and oxygen atoms in total. The first-order valence-electron chi connectivity index (χ1n) is 11.0. The van der Waals surface area contributed by atoms with Crippen LogP contribution < -0.4 is 9.62 Å². The summed E-state index contributed by atoms with van der Waals surface area (Å²) in [5, 5.41) is 7.78. The van der Waals surface area contributed by atoms with Crippen molar-refractivity contribution >= 4 is 21.6 Å². The SMILES string of the molecule is CS(=O)(=O)N1CCc2cc(C(=O)NCc3cn(-c4ccccc4)nc3-c3ccccc3)ccc21. The van der Waals surface area contributed by atoms with E-state index in [1.54, 1.807) is 18.2 Å². The van der Waals surface area contributed by atoms with E-state index in [4.69, 9.17) is 5.10 Å². The summed E-state index contributed by atoms with van der Waals surface area (Å²) in [7, 11) is -3.32. The average molecular weight is 473 g/mol. The Balaban J connectivity index is 1.39. The number of nitrogens with one attached hydrogen (secondary N) is 1. The van der Waals surface area contributed by atoms with E-state index in [-0.39, 0.29) is 5.91 Å². The summed E-state index contributed by atoms with van der Waals surface area (Å²) in [5.74, 6) is -0.216. The monoisotopic (exact) mass is 472 g/mol. The molecule has 5 rings (SSSR count). The number of aromatic nitrogens is 2. The van der Waals surface area contributed by atoms with E-state index in [2.05, 4.69) is 5.32 Å². The molecular formula is C26H24N4O3S. The van der Waals surface area contributed by atoms with E-state index in [1.807, 2.05) is 71.5 Å². The van der Waals surface area contributed by atoms with E-state index >= 15 is 0 Å². The van der Waals surface area contributed by atoms with Gasteiger partial charge in [-0.15, -0.1) is 0 Å². The average Bonchev–Trinajstić information content (AvgIpc) is 3.48. The Labute approximate surface area is 198 Å². The lowest BCUT2D eigenvalue weighted by Gasteiger charge is -2.16. The van der Waals surface area contributed by atoms with Gasteiger partial charge in [-0.25, -0.2) is 13.1 Å². The van der Waals surface area contributed by atoms with Gasteiger partial charge >= 0.3 is 0 Å². The molecule has 2 heterocycles. The Morgan fingerprint density at radius 2 is 1.71 bits per heavy atom. The molecule has 8 heteroatoms. The molecule has 4 aromatic rings. The van der Waals surface area contributed by atoms with E-state index in [1.165, 1.54) is 10.6 Å². The van der Waals surface area contributed by atoms with Crippen molar-refractivity contribution in [2.24, 2.45) is 0 Å². The van der Waals surface area contributed by atoms with Crippen molar-refractivity contribution in [2.75, 3.05) is 17.1 Å². The van der Waals surface area contributed by atoms with Crippen molar-refractivity contribution < 1.29 is 13.2 Å². The Kier molecular flexibility index (Phi) is 5.67. The molecular weight excluding hydrogens is 448 g/mol. The molecule has 0 saturated heterocycles. The molecule has 0 fully saturated rings. The van der Waals surface area contributed by atoms with Gasteiger partial charge in [-0.2, -0.15) is 5.10 Å². The number of carbonyl (C=O) groups is 1. The smallest absolute Gasteiger partial charge is 0.251 e. The molecule has 0 aliphatic carbocycles. The summed E-state index contributed by atoms with van der Waals surface area (Å²) in [5.41, 5.74) is 5.63. The van der Waals surface area contributed by atoms with Crippen LogP contribution in [0.25, 0.3) is 16.9 Å². The minimum Gasteiger partial charge on any atom is -0.348 e. The third-order valence-electron chi connectivity index (χ3n) is 5.89. The molecule has 172 valence electrons. The predicted molar refractivity (Wildman–Crippen MR) is 133 cm³/mol. The second kappa shape index (κ2) is 8.79. The number of carbonyl (C=O) groups excluding carboxylic acids is 1. The van der Waals surface area contributed by atoms with Crippen LogP contribution in [0.3, 0.4) is 0 Å². The van der Waals surface area contributed by atoms with Gasteiger partial charge in [-0.1, -0.05) is 48.5 Å². The maximum atomic E-state index is 13.0. The Hall–Kier alpha value is -3.91. The minimum absolute atomic E-state index is 0.216. The number of para-hydroxylation sites is 1. The summed E-state index contributed by atoms with van der Waals surface area (Å²) in [4.78, 5) is 13.0. The summed E-state index contributed by atoms with van der Waals surface area (Å²) in [6.45, 7) is 0.709. The van der Waals surface area contributed by atoms with E-state index in [0.29, 0.717) is 30.8 Å². The van der Waals surface area contributed by atoms with Crippen molar-refractivity contribution in [1.82, 2.24) is 15.1 Å². The highest BCUT2D eigenvalue weighted by Gasteiger charge is 2.26. The number of amides is 1. The molecule has 0 unspecified atom stereocenters. The standard InChI is InChI=1S/C26H24N4O3S/c1-34(32,33)30-15-14-20-16-21(12-13-24(20)30)26(31)27-17-22-18-29(23-10-6-3-7-11-23)28-25(22)19-8-4-2-5-9-19/h2-13,16,18H,14-15,17H2,1H3,(H,27,31). The molecule has 0 atom stereocenters. The lowest BCUT2D eigenvalue weighted by atomic mass is 10.1. The van der Waals surface area contributed by atoms with Gasteiger partial charge in [0.05, 0.1) is 23.3 Å². The van der Waals surface area contributed by atoms with Crippen molar-refractivity contribution in [3.63, 3.8) is 0 Å². The maximum absolute atomic E-state index is 13.0. The maximum Gasteiger partial charge on any atom is 0.251 e. The topological polar surface area (TPSA) is 84.3 Å². The van der Waals surface area contributed by atoms with Crippen LogP contribution in [0.2, 0.25) is 0 Å². The van der Waals surface area contributed by atoms with Crippen LogP contribution in [0.4, 0.5) is 5.69 Å². The van der Waals surface area contributed by atoms with Crippen LogP contribution in [-0.2, 0) is 23.0 Å². The van der Waals surface area contributed by atoms with Crippen LogP contribution in [0.5, 0.6) is 0 Å². The first-order chi connectivity index (χ1) is 16.4. The Morgan fingerprint density at radius 1 is 1.00 bits per heavy atom. The van der Waals surface area contributed by atoms with Crippen LogP contribution in [-0.4, -0.2) is 36.9 Å². The fraction of sp³-hybridized carbons (Fsp3) is 0.154. The molecule has 0 radical (unpaired) electrons. The van der Waals surface area contributed by atoms with Crippen molar-refractivity contribution in [3.8, 4) is 16.9 Å². The van der Waals surface area contributed by atoms with Crippen molar-refractivity contribution in [1.29, 1.82) is 0 Å². The van der Waals surface area contributed by atoms with Gasteiger partial charge in [0, 0.05) is 36.0 Å². The number of fused-ring (bicyclic) bond motifs is 1. The molecule has 0 bridgehead atoms. The predicted octanol–water partition coefficient (Wildman–Crippen LogP) is 3.79. The van der Waals surface area contributed by atoms with Crippen LogP contribution in [0, 0.1) is 0 Å². The van der Waals surface area contributed by atoms with Gasteiger partial charge in [0.15, 0.2) is 0 Å². The Bertz CT molecular complexity index is 1450. The summed E-state index contributed by atoms with van der Waals surface area (Å²) in [6.07, 6.45) is 3.72. The first kappa shape index (κ1) is 21.9. The molecule has 0 spiro atoms. The Morgan fingerprint density at radius 3 is 2.41 bits per heavy atom. The number of rotatable bonds is 6. The second-order valence-electron chi connectivity index (χ2n) is 8.26. The van der Waals surface area contributed by atoms with E-state index in [9.17, 15) is 13.2 Å². The quantitative estimate of drug-likeness (QED) is 0.463. The van der Waals surface area contributed by atoms with Gasteiger partial charge in [0.2, 0.25) is 10.0 Å². The number of anilines is 1. The second-order valence-corrected chi connectivity index (χ2v) is 10.2. The number of sulfonamides is 1. The summed E-state index contributed by atoms with van der Waals surface area (Å²) < 4.78 is 27.1. The molecule has 1 N–H and O–H groups in total. The van der Waals surface area contributed by atoms with Gasteiger partial charge in [-0.3, -0.25) is 9.10 Å². The fourth-order valence-electron chi connectivity index (χ4n) is 4.23. The van der Waals surface area contributed by atoms with Crippen LogP contribution in [0.15, 0.2) is 85.1 Å². The molecule has 3 aromatic carbocycles. The van der Waals surface area contributed by atoms with E-state index < -0.39 is 10.0 Å².